The van der Waals surface area contributed by atoms with Gasteiger partial charge in [-0.05, 0) is 86.1 Å². The Kier molecular flexibility index (Phi) is 6.87. The summed E-state index contributed by atoms with van der Waals surface area (Å²) in [6, 6.07) is 18.6. The summed E-state index contributed by atoms with van der Waals surface area (Å²) in [4.78, 5) is 12.5. The van der Waals surface area contributed by atoms with Gasteiger partial charge in [-0.2, -0.15) is 5.10 Å². The van der Waals surface area contributed by atoms with Crippen LogP contribution in [0.5, 0.6) is 17.4 Å². The van der Waals surface area contributed by atoms with Gasteiger partial charge in [0.1, 0.15) is 23.1 Å². The van der Waals surface area contributed by atoms with Crippen LogP contribution in [0.15, 0.2) is 72.8 Å². The molecule has 8 heteroatoms. The molecule has 6 nitrogen and oxygen atoms in total. The average Bonchev–Trinajstić information content (AvgIpc) is 3.15. The first-order valence-electron chi connectivity index (χ1n) is 10.6. The highest BCUT2D eigenvalue weighted by Crippen LogP contribution is 2.32. The fourth-order valence-electron chi connectivity index (χ4n) is 3.44. The van der Waals surface area contributed by atoms with Crippen molar-refractivity contribution in [3.05, 3.63) is 95.7 Å². The Hall–Kier alpha value is -4.20. The Bertz CT molecular complexity index is 1270. The van der Waals surface area contributed by atoms with Gasteiger partial charge in [0.2, 0.25) is 11.8 Å². The third kappa shape index (κ3) is 5.40. The molecule has 4 rings (SSSR count). The molecule has 0 atom stereocenters. The number of carbonyl (C=O) groups excluding carboxylic acids is 1. The molecule has 1 heterocycles. The second-order valence-electron chi connectivity index (χ2n) is 7.59. The first kappa shape index (κ1) is 23.0. The van der Waals surface area contributed by atoms with Crippen molar-refractivity contribution in [3.8, 4) is 23.1 Å². The Labute approximate surface area is 195 Å². The summed E-state index contributed by atoms with van der Waals surface area (Å²) in [5.74, 6) is 0.722. The summed E-state index contributed by atoms with van der Waals surface area (Å²) in [7, 11) is 1.58. The summed E-state index contributed by atoms with van der Waals surface area (Å²) < 4.78 is 39.6. The number of hydrogen-bond acceptors (Lipinski definition) is 4. The first-order chi connectivity index (χ1) is 16.4. The Morgan fingerprint density at radius 2 is 1.50 bits per heavy atom. The molecule has 1 aromatic heterocycles. The minimum absolute atomic E-state index is 0.159. The number of hydrogen-bond donors (Lipinski definition) is 1. The van der Waals surface area contributed by atoms with Crippen molar-refractivity contribution in [2.24, 2.45) is 0 Å². The number of nitrogens with zero attached hydrogens (tertiary/aromatic N) is 2. The van der Waals surface area contributed by atoms with Crippen LogP contribution in [0.1, 0.15) is 17.7 Å². The molecule has 34 heavy (non-hydrogen) atoms. The van der Waals surface area contributed by atoms with E-state index in [1.807, 2.05) is 6.92 Å². The van der Waals surface area contributed by atoms with E-state index in [4.69, 9.17) is 9.47 Å². The quantitative estimate of drug-likeness (QED) is 0.357. The van der Waals surface area contributed by atoms with Crippen molar-refractivity contribution in [3.63, 3.8) is 0 Å². The number of methoxy groups -OCH3 is 1. The number of benzene rings is 3. The van der Waals surface area contributed by atoms with Crippen molar-refractivity contribution in [1.29, 1.82) is 0 Å². The van der Waals surface area contributed by atoms with E-state index in [1.165, 1.54) is 36.4 Å². The zero-order valence-corrected chi connectivity index (χ0v) is 18.7. The lowest BCUT2D eigenvalue weighted by atomic mass is 10.1. The molecule has 0 spiro atoms. The topological polar surface area (TPSA) is 65.4 Å². The van der Waals surface area contributed by atoms with Gasteiger partial charge in [-0.15, -0.1) is 0 Å². The van der Waals surface area contributed by atoms with Crippen molar-refractivity contribution < 1.29 is 23.0 Å². The number of carbonyl (C=O) groups is 1. The fourth-order valence-corrected chi connectivity index (χ4v) is 3.44. The number of aryl methyl sites for hydroxylation is 1. The number of aromatic nitrogens is 2. The van der Waals surface area contributed by atoms with E-state index in [2.05, 4.69) is 10.4 Å². The van der Waals surface area contributed by atoms with E-state index < -0.39 is 0 Å². The number of halogens is 2. The number of amides is 1. The number of ether oxygens (including phenoxy) is 2. The molecule has 0 aliphatic heterocycles. The monoisotopic (exact) mass is 463 g/mol. The maximum Gasteiger partial charge on any atom is 0.226 e. The predicted molar refractivity (Wildman–Crippen MR) is 125 cm³/mol. The zero-order chi connectivity index (χ0) is 24.1. The third-order valence-corrected chi connectivity index (χ3v) is 5.21. The predicted octanol–water partition coefficient (Wildman–Crippen LogP) is 5.83. The van der Waals surface area contributed by atoms with Crippen LogP contribution >= 0.6 is 0 Å². The Morgan fingerprint density at radius 1 is 0.912 bits per heavy atom. The smallest absolute Gasteiger partial charge is 0.226 e. The van der Waals surface area contributed by atoms with Gasteiger partial charge in [-0.25, -0.2) is 13.5 Å². The minimum Gasteiger partial charge on any atom is -0.497 e. The van der Waals surface area contributed by atoms with Crippen LogP contribution in [-0.2, 0) is 11.2 Å². The lowest BCUT2D eigenvalue weighted by Gasteiger charge is -2.12. The number of rotatable bonds is 8. The van der Waals surface area contributed by atoms with Gasteiger partial charge in [0.15, 0.2) is 0 Å². The van der Waals surface area contributed by atoms with Crippen LogP contribution < -0.4 is 14.8 Å². The molecule has 4 aromatic rings. The highest BCUT2D eigenvalue weighted by atomic mass is 19.1. The minimum atomic E-state index is -0.373. The molecule has 0 aliphatic carbocycles. The highest BCUT2D eigenvalue weighted by Gasteiger charge is 2.20. The summed E-state index contributed by atoms with van der Waals surface area (Å²) >= 11 is 0. The molecule has 0 unspecified atom stereocenters. The van der Waals surface area contributed by atoms with Crippen LogP contribution in [0, 0.1) is 18.6 Å². The van der Waals surface area contributed by atoms with Crippen molar-refractivity contribution in [2.45, 2.75) is 19.8 Å². The van der Waals surface area contributed by atoms with Gasteiger partial charge in [0.05, 0.1) is 18.5 Å². The second-order valence-corrected chi connectivity index (χ2v) is 7.59. The molecule has 174 valence electrons. The van der Waals surface area contributed by atoms with Gasteiger partial charge < -0.3 is 14.8 Å². The molecule has 0 saturated heterocycles. The first-order valence-corrected chi connectivity index (χ1v) is 10.6. The van der Waals surface area contributed by atoms with Crippen molar-refractivity contribution >= 4 is 11.6 Å². The normalized spacial score (nSPS) is 10.7. The number of anilines is 1. The molecular weight excluding hydrogens is 440 g/mol. The van der Waals surface area contributed by atoms with Crippen LogP contribution in [0.2, 0.25) is 0 Å². The summed E-state index contributed by atoms with van der Waals surface area (Å²) in [6.45, 7) is 1.83. The summed E-state index contributed by atoms with van der Waals surface area (Å²) in [6.07, 6.45) is 0.512. The van der Waals surface area contributed by atoms with E-state index in [0.29, 0.717) is 40.9 Å². The summed E-state index contributed by atoms with van der Waals surface area (Å²) in [5, 5.41) is 7.34. The standard InChI is InChI=1S/C26H23F2N3O3/c1-17-24(15-16-25(32)29-20-7-3-18(27)4-8-20)26(34-23-13-11-22(33-2)12-14-23)31(30-17)21-9-5-19(28)6-10-21/h3-14H,15-16H2,1-2H3,(H,29,32). The third-order valence-electron chi connectivity index (χ3n) is 5.21. The van der Waals surface area contributed by atoms with Crippen molar-refractivity contribution in [1.82, 2.24) is 9.78 Å². The molecule has 0 bridgehead atoms. The lowest BCUT2D eigenvalue weighted by Crippen LogP contribution is -2.12. The Balaban J connectivity index is 1.60. The van der Waals surface area contributed by atoms with Crippen LogP contribution in [0.3, 0.4) is 0 Å². The summed E-state index contributed by atoms with van der Waals surface area (Å²) in [5.41, 5.74) is 2.56. The van der Waals surface area contributed by atoms with Crippen LogP contribution in [0.4, 0.5) is 14.5 Å². The molecular formula is C26H23F2N3O3. The van der Waals surface area contributed by atoms with Gasteiger partial charge >= 0.3 is 0 Å². The average molecular weight is 463 g/mol. The van der Waals surface area contributed by atoms with Gasteiger partial charge in [-0.1, -0.05) is 0 Å². The van der Waals surface area contributed by atoms with E-state index >= 15 is 0 Å². The van der Waals surface area contributed by atoms with E-state index in [0.717, 1.165) is 5.56 Å². The van der Waals surface area contributed by atoms with Crippen LogP contribution in [-0.4, -0.2) is 22.8 Å². The van der Waals surface area contributed by atoms with E-state index in [9.17, 15) is 13.6 Å². The Morgan fingerprint density at radius 3 is 2.12 bits per heavy atom. The van der Waals surface area contributed by atoms with Gasteiger partial charge in [0.25, 0.3) is 0 Å². The largest absolute Gasteiger partial charge is 0.497 e. The van der Waals surface area contributed by atoms with Crippen LogP contribution in [0.25, 0.3) is 5.69 Å². The molecule has 0 radical (unpaired) electrons. The second kappa shape index (κ2) is 10.2. The lowest BCUT2D eigenvalue weighted by molar-refractivity contribution is -0.116. The van der Waals surface area contributed by atoms with Gasteiger partial charge in [-0.3, -0.25) is 4.79 Å². The zero-order valence-electron chi connectivity index (χ0n) is 18.7. The maximum absolute atomic E-state index is 13.5. The molecule has 1 N–H and O–H groups in total. The van der Waals surface area contributed by atoms with E-state index in [1.54, 1.807) is 48.2 Å². The molecule has 1 amide bonds. The molecule has 0 saturated carbocycles. The maximum atomic E-state index is 13.5. The van der Waals surface area contributed by atoms with Gasteiger partial charge in [0, 0.05) is 17.7 Å². The molecule has 0 fully saturated rings. The number of nitrogens with one attached hydrogen (secondary N) is 1. The molecule has 0 aliphatic rings. The SMILES string of the molecule is COc1ccc(Oc2c(CCC(=O)Nc3ccc(F)cc3)c(C)nn2-c2ccc(F)cc2)cc1. The fraction of sp³-hybridized carbons (Fsp3) is 0.154. The van der Waals surface area contributed by atoms with Crippen molar-refractivity contribution in [2.75, 3.05) is 12.4 Å². The van der Waals surface area contributed by atoms with E-state index in [-0.39, 0.29) is 24.0 Å². The molecule has 3 aromatic carbocycles. The highest BCUT2D eigenvalue weighted by molar-refractivity contribution is 5.90.